The Bertz CT molecular complexity index is 317. The van der Waals surface area contributed by atoms with Gasteiger partial charge in [-0.05, 0) is 40.5 Å². The van der Waals surface area contributed by atoms with Crippen LogP contribution in [0.4, 0.5) is 0 Å². The van der Waals surface area contributed by atoms with E-state index in [1.807, 2.05) is 13.8 Å². The second-order valence-electron chi connectivity index (χ2n) is 5.87. The third-order valence-corrected chi connectivity index (χ3v) is 3.12. The number of ether oxygens (including phenoxy) is 1. The zero-order chi connectivity index (χ0) is 13.9. The molecule has 5 heteroatoms. The summed E-state index contributed by atoms with van der Waals surface area (Å²) in [5.74, 6) is -1.06. The van der Waals surface area contributed by atoms with E-state index in [-0.39, 0.29) is 30.5 Å². The Kier molecular flexibility index (Phi) is 4.73. The Morgan fingerprint density at radius 3 is 2.22 bits per heavy atom. The van der Waals surface area contributed by atoms with Crippen LogP contribution in [0, 0.1) is 5.92 Å². The van der Waals surface area contributed by atoms with E-state index >= 15 is 0 Å². The first-order valence-electron chi connectivity index (χ1n) is 6.39. The molecule has 1 heterocycles. The molecule has 2 N–H and O–H groups in total. The van der Waals surface area contributed by atoms with E-state index in [9.17, 15) is 9.59 Å². The molecule has 1 aliphatic rings. The van der Waals surface area contributed by atoms with Gasteiger partial charge in [-0.1, -0.05) is 0 Å². The standard InChI is InChI=1S/C13H23NO4/c1-8-5-10(6-9(2)18-8)12(17)14-13(3,4)7-11(15)16/h8-10H,5-7H2,1-4H3,(H,14,17)(H,15,16). The quantitative estimate of drug-likeness (QED) is 0.801. The van der Waals surface area contributed by atoms with Gasteiger partial charge in [-0.15, -0.1) is 0 Å². The van der Waals surface area contributed by atoms with Crippen molar-refractivity contribution in [3.8, 4) is 0 Å². The van der Waals surface area contributed by atoms with Gasteiger partial charge in [-0.25, -0.2) is 0 Å². The van der Waals surface area contributed by atoms with Crippen LogP contribution < -0.4 is 5.32 Å². The molecule has 0 saturated carbocycles. The minimum absolute atomic E-state index is 0.0664. The minimum atomic E-state index is -0.908. The zero-order valence-electron chi connectivity index (χ0n) is 11.5. The van der Waals surface area contributed by atoms with Crippen molar-refractivity contribution >= 4 is 11.9 Å². The third kappa shape index (κ3) is 4.64. The minimum Gasteiger partial charge on any atom is -0.481 e. The Hall–Kier alpha value is -1.10. The number of carboxylic acid groups (broad SMARTS) is 1. The highest BCUT2D eigenvalue weighted by atomic mass is 16.5. The van der Waals surface area contributed by atoms with E-state index in [0.29, 0.717) is 12.8 Å². The number of carboxylic acids is 1. The van der Waals surface area contributed by atoms with Crippen LogP contribution in [0.25, 0.3) is 0 Å². The molecule has 0 spiro atoms. The Balaban J connectivity index is 2.56. The highest BCUT2D eigenvalue weighted by molar-refractivity contribution is 5.80. The molecule has 1 aliphatic heterocycles. The summed E-state index contributed by atoms with van der Waals surface area (Å²) in [5, 5.41) is 11.6. The highest BCUT2D eigenvalue weighted by Gasteiger charge is 2.32. The fourth-order valence-electron chi connectivity index (χ4n) is 2.48. The first kappa shape index (κ1) is 15.0. The molecule has 2 atom stereocenters. The van der Waals surface area contributed by atoms with Gasteiger partial charge in [0.05, 0.1) is 18.6 Å². The van der Waals surface area contributed by atoms with Crippen molar-refractivity contribution in [2.45, 2.75) is 64.7 Å². The van der Waals surface area contributed by atoms with E-state index in [1.54, 1.807) is 13.8 Å². The monoisotopic (exact) mass is 257 g/mol. The lowest BCUT2D eigenvalue weighted by Crippen LogP contribution is -2.49. The summed E-state index contributed by atoms with van der Waals surface area (Å²) in [4.78, 5) is 22.8. The summed E-state index contributed by atoms with van der Waals surface area (Å²) >= 11 is 0. The number of amides is 1. The summed E-state index contributed by atoms with van der Waals surface area (Å²) < 4.78 is 5.59. The number of rotatable bonds is 4. The van der Waals surface area contributed by atoms with Crippen molar-refractivity contribution < 1.29 is 19.4 Å². The van der Waals surface area contributed by atoms with Crippen molar-refractivity contribution in [3.05, 3.63) is 0 Å². The van der Waals surface area contributed by atoms with E-state index < -0.39 is 11.5 Å². The van der Waals surface area contributed by atoms with Gasteiger partial charge in [-0.2, -0.15) is 0 Å². The Labute approximate surface area is 108 Å². The van der Waals surface area contributed by atoms with Crippen LogP contribution in [0.1, 0.15) is 47.0 Å². The highest BCUT2D eigenvalue weighted by Crippen LogP contribution is 2.25. The van der Waals surface area contributed by atoms with Gasteiger partial charge < -0.3 is 15.2 Å². The molecule has 0 radical (unpaired) electrons. The number of hydrogen-bond donors (Lipinski definition) is 2. The van der Waals surface area contributed by atoms with Gasteiger partial charge in [0, 0.05) is 11.5 Å². The molecular weight excluding hydrogens is 234 g/mol. The normalized spacial score (nSPS) is 28.8. The third-order valence-electron chi connectivity index (χ3n) is 3.12. The molecule has 2 unspecified atom stereocenters. The molecule has 0 aromatic heterocycles. The van der Waals surface area contributed by atoms with E-state index in [2.05, 4.69) is 5.32 Å². The van der Waals surface area contributed by atoms with Crippen molar-refractivity contribution in [1.82, 2.24) is 5.32 Å². The topological polar surface area (TPSA) is 75.6 Å². The molecule has 18 heavy (non-hydrogen) atoms. The molecule has 104 valence electrons. The SMILES string of the molecule is CC1CC(C(=O)NC(C)(C)CC(=O)O)CC(C)O1. The fraction of sp³-hybridized carbons (Fsp3) is 0.846. The summed E-state index contributed by atoms with van der Waals surface area (Å²) in [5.41, 5.74) is -0.715. The largest absolute Gasteiger partial charge is 0.481 e. The first-order chi connectivity index (χ1) is 8.19. The van der Waals surface area contributed by atoms with Gasteiger partial charge in [0.2, 0.25) is 5.91 Å². The summed E-state index contributed by atoms with van der Waals surface area (Å²) in [6.45, 7) is 7.37. The second-order valence-corrected chi connectivity index (χ2v) is 5.87. The predicted octanol–water partition coefficient (Wildman–Crippen LogP) is 1.56. The van der Waals surface area contributed by atoms with Gasteiger partial charge >= 0.3 is 5.97 Å². The van der Waals surface area contributed by atoms with Crippen LogP contribution in [-0.2, 0) is 14.3 Å². The number of nitrogens with one attached hydrogen (secondary N) is 1. The fourth-order valence-corrected chi connectivity index (χ4v) is 2.48. The molecule has 0 aliphatic carbocycles. The summed E-state index contributed by atoms with van der Waals surface area (Å²) in [6, 6.07) is 0. The average Bonchev–Trinajstić information content (AvgIpc) is 2.12. The lowest BCUT2D eigenvalue weighted by Gasteiger charge is -2.34. The molecule has 1 rings (SSSR count). The summed E-state index contributed by atoms with van der Waals surface area (Å²) in [7, 11) is 0. The molecule has 1 fully saturated rings. The molecule has 1 saturated heterocycles. The van der Waals surface area contributed by atoms with Crippen LogP contribution >= 0.6 is 0 Å². The molecule has 0 bridgehead atoms. The zero-order valence-corrected chi connectivity index (χ0v) is 11.5. The van der Waals surface area contributed by atoms with E-state index in [1.165, 1.54) is 0 Å². The van der Waals surface area contributed by atoms with Crippen molar-refractivity contribution in [3.63, 3.8) is 0 Å². The number of carbonyl (C=O) groups is 2. The van der Waals surface area contributed by atoms with Crippen molar-refractivity contribution in [2.24, 2.45) is 5.92 Å². The lowest BCUT2D eigenvalue weighted by atomic mass is 9.90. The molecular formula is C13H23NO4. The molecule has 0 aromatic carbocycles. The first-order valence-corrected chi connectivity index (χ1v) is 6.39. The number of carbonyl (C=O) groups excluding carboxylic acids is 1. The maximum absolute atomic E-state index is 12.1. The maximum Gasteiger partial charge on any atom is 0.305 e. The van der Waals surface area contributed by atoms with Crippen LogP contribution in [-0.4, -0.2) is 34.7 Å². The van der Waals surface area contributed by atoms with Crippen molar-refractivity contribution in [2.75, 3.05) is 0 Å². The Morgan fingerprint density at radius 2 is 1.78 bits per heavy atom. The Morgan fingerprint density at radius 1 is 1.28 bits per heavy atom. The van der Waals surface area contributed by atoms with Crippen LogP contribution in [0.3, 0.4) is 0 Å². The average molecular weight is 257 g/mol. The van der Waals surface area contributed by atoms with Gasteiger partial charge in [0.1, 0.15) is 0 Å². The van der Waals surface area contributed by atoms with Crippen LogP contribution in [0.5, 0.6) is 0 Å². The maximum atomic E-state index is 12.1. The lowest BCUT2D eigenvalue weighted by molar-refractivity contribution is -0.140. The number of aliphatic carboxylic acids is 1. The molecule has 1 amide bonds. The van der Waals surface area contributed by atoms with Crippen LogP contribution in [0.2, 0.25) is 0 Å². The van der Waals surface area contributed by atoms with E-state index in [0.717, 1.165) is 0 Å². The van der Waals surface area contributed by atoms with Gasteiger partial charge in [0.25, 0.3) is 0 Å². The smallest absolute Gasteiger partial charge is 0.305 e. The second kappa shape index (κ2) is 5.69. The molecule has 0 aromatic rings. The molecule has 5 nitrogen and oxygen atoms in total. The van der Waals surface area contributed by atoms with Crippen LogP contribution in [0.15, 0.2) is 0 Å². The van der Waals surface area contributed by atoms with E-state index in [4.69, 9.17) is 9.84 Å². The summed E-state index contributed by atoms with van der Waals surface area (Å²) in [6.07, 6.45) is 1.46. The van der Waals surface area contributed by atoms with Crippen molar-refractivity contribution in [1.29, 1.82) is 0 Å². The van der Waals surface area contributed by atoms with Gasteiger partial charge in [-0.3, -0.25) is 9.59 Å². The van der Waals surface area contributed by atoms with Gasteiger partial charge in [0.15, 0.2) is 0 Å². The number of hydrogen-bond acceptors (Lipinski definition) is 3. The predicted molar refractivity (Wildman–Crippen MR) is 67.2 cm³/mol.